The van der Waals surface area contributed by atoms with Gasteiger partial charge in [0.2, 0.25) is 0 Å². The van der Waals surface area contributed by atoms with Crippen LogP contribution in [-0.2, 0) is 20.2 Å². The van der Waals surface area contributed by atoms with Crippen molar-refractivity contribution in [2.24, 2.45) is 7.05 Å². The van der Waals surface area contributed by atoms with Gasteiger partial charge in [-0.3, -0.25) is 0 Å². The normalized spacial score (nSPS) is 10.6. The lowest BCUT2D eigenvalue weighted by Crippen LogP contribution is -2.13. The lowest BCUT2D eigenvalue weighted by molar-refractivity contribution is 0.291. The zero-order valence-corrected chi connectivity index (χ0v) is 11.5. The molecule has 102 valence electrons. The minimum Gasteiger partial charge on any atom is -0.486 e. The number of benzene rings is 1. The molecule has 5 heteroatoms. The van der Waals surface area contributed by atoms with E-state index in [9.17, 15) is 0 Å². The molecule has 1 aromatic carbocycles. The second-order valence-electron chi connectivity index (χ2n) is 4.47. The second-order valence-corrected chi connectivity index (χ2v) is 4.47. The van der Waals surface area contributed by atoms with Crippen molar-refractivity contribution in [3.05, 3.63) is 42.0 Å². The molecular weight excluding hydrogens is 240 g/mol. The molecule has 0 atom stereocenters. The SMILES string of the molecule is CCCNCc1cccc(OCc2nncn2C)c1. The molecule has 0 spiro atoms. The third-order valence-corrected chi connectivity index (χ3v) is 2.83. The van der Waals surface area contributed by atoms with Gasteiger partial charge in [-0.2, -0.15) is 0 Å². The van der Waals surface area contributed by atoms with Crippen LogP contribution in [0.25, 0.3) is 0 Å². The zero-order chi connectivity index (χ0) is 13.5. The molecule has 2 aromatic rings. The van der Waals surface area contributed by atoms with Crippen molar-refractivity contribution in [2.45, 2.75) is 26.5 Å². The molecule has 0 bridgehead atoms. The Balaban J connectivity index is 1.90. The molecule has 0 aliphatic rings. The van der Waals surface area contributed by atoms with Crippen LogP contribution in [0.5, 0.6) is 5.75 Å². The summed E-state index contributed by atoms with van der Waals surface area (Å²) in [6.45, 7) is 4.49. The minimum atomic E-state index is 0.433. The number of nitrogens with zero attached hydrogens (tertiary/aromatic N) is 3. The Bertz CT molecular complexity index is 510. The van der Waals surface area contributed by atoms with Crippen molar-refractivity contribution in [3.63, 3.8) is 0 Å². The summed E-state index contributed by atoms with van der Waals surface area (Å²) in [6, 6.07) is 8.12. The maximum absolute atomic E-state index is 5.73. The molecule has 1 N–H and O–H groups in total. The fraction of sp³-hybridized carbons (Fsp3) is 0.429. The second kappa shape index (κ2) is 6.89. The molecule has 19 heavy (non-hydrogen) atoms. The zero-order valence-electron chi connectivity index (χ0n) is 11.5. The lowest BCUT2D eigenvalue weighted by Gasteiger charge is -2.08. The van der Waals surface area contributed by atoms with Crippen LogP contribution >= 0.6 is 0 Å². The Kier molecular flexibility index (Phi) is 4.92. The van der Waals surface area contributed by atoms with Crippen molar-refractivity contribution in [2.75, 3.05) is 6.54 Å². The first kappa shape index (κ1) is 13.5. The third-order valence-electron chi connectivity index (χ3n) is 2.83. The first-order valence-corrected chi connectivity index (χ1v) is 6.55. The van der Waals surface area contributed by atoms with Crippen LogP contribution in [0, 0.1) is 0 Å². The number of aromatic nitrogens is 3. The van der Waals surface area contributed by atoms with Crippen LogP contribution in [0.1, 0.15) is 24.7 Å². The van der Waals surface area contributed by atoms with Crippen molar-refractivity contribution in [1.29, 1.82) is 0 Å². The maximum atomic E-state index is 5.73. The van der Waals surface area contributed by atoms with Gasteiger partial charge in [0.1, 0.15) is 18.7 Å². The van der Waals surface area contributed by atoms with Gasteiger partial charge >= 0.3 is 0 Å². The monoisotopic (exact) mass is 260 g/mol. The van der Waals surface area contributed by atoms with Crippen LogP contribution in [0.4, 0.5) is 0 Å². The molecule has 0 amide bonds. The van der Waals surface area contributed by atoms with Gasteiger partial charge in [0.25, 0.3) is 0 Å². The summed E-state index contributed by atoms with van der Waals surface area (Å²) in [7, 11) is 1.91. The fourth-order valence-corrected chi connectivity index (χ4v) is 1.74. The average Bonchev–Trinajstić information content (AvgIpc) is 2.83. The Labute approximate surface area is 113 Å². The lowest BCUT2D eigenvalue weighted by atomic mass is 10.2. The van der Waals surface area contributed by atoms with Gasteiger partial charge in [-0.15, -0.1) is 10.2 Å². The van der Waals surface area contributed by atoms with Crippen molar-refractivity contribution >= 4 is 0 Å². The Morgan fingerprint density at radius 3 is 3.00 bits per heavy atom. The predicted octanol–water partition coefficient (Wildman–Crippen LogP) is 1.89. The van der Waals surface area contributed by atoms with Crippen molar-refractivity contribution in [1.82, 2.24) is 20.1 Å². The standard InChI is InChI=1S/C14H20N4O/c1-3-7-15-9-12-5-4-6-13(8-12)19-10-14-17-16-11-18(14)2/h4-6,8,11,15H,3,7,9-10H2,1-2H3. The largest absolute Gasteiger partial charge is 0.486 e. The van der Waals surface area contributed by atoms with E-state index in [0.717, 1.165) is 31.1 Å². The summed E-state index contributed by atoms with van der Waals surface area (Å²) in [6.07, 6.45) is 2.81. The number of ether oxygens (including phenoxy) is 1. The van der Waals surface area contributed by atoms with E-state index in [1.807, 2.05) is 23.7 Å². The van der Waals surface area contributed by atoms with Crippen LogP contribution in [0.3, 0.4) is 0 Å². The first-order chi connectivity index (χ1) is 9.29. The van der Waals surface area contributed by atoms with Gasteiger partial charge in [-0.05, 0) is 30.7 Å². The van der Waals surface area contributed by atoms with Crippen LogP contribution < -0.4 is 10.1 Å². The summed E-state index contributed by atoms with van der Waals surface area (Å²) >= 11 is 0. The summed E-state index contributed by atoms with van der Waals surface area (Å²) < 4.78 is 7.58. The predicted molar refractivity (Wildman–Crippen MR) is 73.8 cm³/mol. The Hall–Kier alpha value is -1.88. The minimum absolute atomic E-state index is 0.433. The Morgan fingerprint density at radius 2 is 2.26 bits per heavy atom. The Morgan fingerprint density at radius 1 is 1.37 bits per heavy atom. The average molecular weight is 260 g/mol. The van der Waals surface area contributed by atoms with E-state index < -0.39 is 0 Å². The topological polar surface area (TPSA) is 52.0 Å². The van der Waals surface area contributed by atoms with Gasteiger partial charge in [-0.1, -0.05) is 19.1 Å². The van der Waals surface area contributed by atoms with Gasteiger partial charge in [0.15, 0.2) is 5.82 Å². The highest BCUT2D eigenvalue weighted by atomic mass is 16.5. The molecule has 0 unspecified atom stereocenters. The third kappa shape index (κ3) is 4.06. The van der Waals surface area contributed by atoms with Crippen molar-refractivity contribution < 1.29 is 4.74 Å². The molecule has 5 nitrogen and oxygen atoms in total. The van der Waals surface area contributed by atoms with Crippen molar-refractivity contribution in [3.8, 4) is 5.75 Å². The van der Waals surface area contributed by atoms with E-state index in [2.05, 4.69) is 34.6 Å². The van der Waals surface area contributed by atoms with Gasteiger partial charge in [0.05, 0.1) is 0 Å². The van der Waals surface area contributed by atoms with Gasteiger partial charge in [-0.25, -0.2) is 0 Å². The first-order valence-electron chi connectivity index (χ1n) is 6.55. The molecule has 1 aromatic heterocycles. The fourth-order valence-electron chi connectivity index (χ4n) is 1.74. The van der Waals surface area contributed by atoms with Gasteiger partial charge < -0.3 is 14.6 Å². The van der Waals surface area contributed by atoms with E-state index in [1.165, 1.54) is 5.56 Å². The molecule has 2 rings (SSSR count). The molecule has 1 heterocycles. The highest BCUT2D eigenvalue weighted by Crippen LogP contribution is 2.14. The van der Waals surface area contributed by atoms with E-state index in [0.29, 0.717) is 6.61 Å². The number of nitrogens with one attached hydrogen (secondary N) is 1. The van der Waals surface area contributed by atoms with Gasteiger partial charge in [0, 0.05) is 13.6 Å². The number of hydrogen-bond donors (Lipinski definition) is 1. The number of aryl methyl sites for hydroxylation is 1. The molecule has 0 aliphatic heterocycles. The number of rotatable bonds is 7. The molecule has 0 saturated heterocycles. The van der Waals surface area contributed by atoms with Crippen LogP contribution in [0.2, 0.25) is 0 Å². The highest BCUT2D eigenvalue weighted by molar-refractivity contribution is 5.28. The molecule has 0 fully saturated rings. The van der Waals surface area contributed by atoms with E-state index in [-0.39, 0.29) is 0 Å². The summed E-state index contributed by atoms with van der Waals surface area (Å²) in [5.74, 6) is 1.67. The summed E-state index contributed by atoms with van der Waals surface area (Å²) in [5, 5.41) is 11.2. The van der Waals surface area contributed by atoms with E-state index >= 15 is 0 Å². The van der Waals surface area contributed by atoms with E-state index in [1.54, 1.807) is 6.33 Å². The smallest absolute Gasteiger partial charge is 0.170 e. The quantitative estimate of drug-likeness (QED) is 0.772. The number of hydrogen-bond acceptors (Lipinski definition) is 4. The van der Waals surface area contributed by atoms with Crippen LogP contribution in [-0.4, -0.2) is 21.3 Å². The maximum Gasteiger partial charge on any atom is 0.170 e. The summed E-state index contributed by atoms with van der Waals surface area (Å²) in [4.78, 5) is 0. The molecular formula is C14H20N4O. The highest BCUT2D eigenvalue weighted by Gasteiger charge is 2.02. The molecule has 0 radical (unpaired) electrons. The summed E-state index contributed by atoms with van der Waals surface area (Å²) in [5.41, 5.74) is 1.23. The molecule has 0 aliphatic carbocycles. The van der Waals surface area contributed by atoms with Crippen LogP contribution in [0.15, 0.2) is 30.6 Å². The van der Waals surface area contributed by atoms with E-state index in [4.69, 9.17) is 4.74 Å². The molecule has 0 saturated carbocycles.